The lowest BCUT2D eigenvalue weighted by Crippen LogP contribution is -2.15. The molecule has 0 spiro atoms. The molecule has 0 saturated carbocycles. The maximum atomic E-state index is 12.1. The lowest BCUT2D eigenvalue weighted by Gasteiger charge is -2.10. The van der Waals surface area contributed by atoms with Crippen molar-refractivity contribution in [2.75, 3.05) is 11.1 Å². The van der Waals surface area contributed by atoms with E-state index in [-0.39, 0.29) is 5.91 Å². The average Bonchev–Trinajstić information content (AvgIpc) is 2.91. The van der Waals surface area contributed by atoms with Crippen LogP contribution in [0.5, 0.6) is 0 Å². The van der Waals surface area contributed by atoms with Crippen molar-refractivity contribution in [2.24, 2.45) is 0 Å². The van der Waals surface area contributed by atoms with Crippen LogP contribution in [0.15, 0.2) is 33.9 Å². The van der Waals surface area contributed by atoms with Crippen LogP contribution in [-0.4, -0.2) is 26.4 Å². The van der Waals surface area contributed by atoms with Crippen molar-refractivity contribution >= 4 is 39.3 Å². The molecule has 0 atom stereocenters. The van der Waals surface area contributed by atoms with Gasteiger partial charge >= 0.3 is 0 Å². The van der Waals surface area contributed by atoms with Crippen LogP contribution >= 0.6 is 27.7 Å². The third kappa shape index (κ3) is 5.07. The van der Waals surface area contributed by atoms with Crippen molar-refractivity contribution in [3.63, 3.8) is 0 Å². The number of carbonyl (C=O) groups excluding carboxylic acids is 1. The zero-order chi connectivity index (χ0) is 16.8. The highest BCUT2D eigenvalue weighted by molar-refractivity contribution is 9.10. The average molecular weight is 397 g/mol. The van der Waals surface area contributed by atoms with Gasteiger partial charge in [-0.2, -0.15) is 0 Å². The quantitative estimate of drug-likeness (QED) is 0.708. The van der Waals surface area contributed by atoms with Gasteiger partial charge in [-0.25, -0.2) is 0 Å². The zero-order valence-electron chi connectivity index (χ0n) is 13.5. The van der Waals surface area contributed by atoms with Gasteiger partial charge in [-0.3, -0.25) is 4.79 Å². The second kappa shape index (κ2) is 8.49. The van der Waals surface area contributed by atoms with Gasteiger partial charge in [-0.15, -0.1) is 10.2 Å². The molecule has 23 heavy (non-hydrogen) atoms. The molecule has 2 rings (SSSR count). The maximum Gasteiger partial charge on any atom is 0.234 e. The van der Waals surface area contributed by atoms with E-state index in [0.29, 0.717) is 11.7 Å². The lowest BCUT2D eigenvalue weighted by atomic mass is 10.2. The normalized spacial score (nSPS) is 11.0. The topological polar surface area (TPSA) is 59.8 Å². The highest BCUT2D eigenvalue weighted by Gasteiger charge is 2.15. The number of amides is 1. The van der Waals surface area contributed by atoms with E-state index in [2.05, 4.69) is 56.8 Å². The summed E-state index contributed by atoms with van der Waals surface area (Å²) in [5.41, 5.74) is 0.789. The van der Waals surface area contributed by atoms with Gasteiger partial charge in [-0.1, -0.05) is 48.5 Å². The number of carbonyl (C=O) groups is 1. The minimum Gasteiger partial charge on any atom is -0.325 e. The number of aromatic nitrogens is 3. The van der Waals surface area contributed by atoms with Gasteiger partial charge in [0.25, 0.3) is 0 Å². The fourth-order valence-electron chi connectivity index (χ4n) is 2.13. The number of nitrogens with zero attached hydrogens (tertiary/aromatic N) is 3. The Bertz CT molecular complexity index is 655. The van der Waals surface area contributed by atoms with E-state index in [1.165, 1.54) is 11.8 Å². The van der Waals surface area contributed by atoms with Crippen LogP contribution in [0.2, 0.25) is 0 Å². The predicted octanol–water partition coefficient (Wildman–Crippen LogP) is 4.30. The lowest BCUT2D eigenvalue weighted by molar-refractivity contribution is -0.113. The molecule has 124 valence electrons. The highest BCUT2D eigenvalue weighted by Crippen LogP contribution is 2.22. The van der Waals surface area contributed by atoms with Crippen LogP contribution in [0.3, 0.4) is 0 Å². The van der Waals surface area contributed by atoms with Gasteiger partial charge in [0.15, 0.2) is 5.16 Å². The molecule has 0 fully saturated rings. The SMILES string of the molecule is CCCn1c(SCC(=O)Nc2ccc(Br)cc2)nnc1C(C)C. The molecule has 0 saturated heterocycles. The Kier molecular flexibility index (Phi) is 6.65. The summed E-state index contributed by atoms with van der Waals surface area (Å²) in [4.78, 5) is 12.1. The number of nitrogens with one attached hydrogen (secondary N) is 1. The van der Waals surface area contributed by atoms with Crippen LogP contribution in [0, 0.1) is 0 Å². The molecule has 1 amide bonds. The third-order valence-corrected chi connectivity index (χ3v) is 4.66. The zero-order valence-corrected chi connectivity index (χ0v) is 15.9. The number of thioether (sulfide) groups is 1. The smallest absolute Gasteiger partial charge is 0.234 e. The maximum absolute atomic E-state index is 12.1. The van der Waals surface area contributed by atoms with Gasteiger partial charge in [0, 0.05) is 22.6 Å². The molecule has 0 unspecified atom stereocenters. The Balaban J connectivity index is 1.97. The van der Waals surface area contributed by atoms with E-state index in [1.807, 2.05) is 24.3 Å². The molecule has 0 aliphatic heterocycles. The Hall–Kier alpha value is -1.34. The number of rotatable bonds is 7. The highest BCUT2D eigenvalue weighted by atomic mass is 79.9. The third-order valence-electron chi connectivity index (χ3n) is 3.17. The monoisotopic (exact) mass is 396 g/mol. The minimum atomic E-state index is -0.0468. The molecule has 0 radical (unpaired) electrons. The van der Waals surface area contributed by atoms with Crippen LogP contribution < -0.4 is 5.32 Å². The molecular formula is C16H21BrN4OS. The second-order valence-corrected chi connectivity index (χ2v) is 7.35. The molecule has 5 nitrogen and oxygen atoms in total. The summed E-state index contributed by atoms with van der Waals surface area (Å²) in [6.45, 7) is 7.20. The molecule has 1 aromatic heterocycles. The van der Waals surface area contributed by atoms with Crippen LogP contribution in [-0.2, 0) is 11.3 Å². The summed E-state index contributed by atoms with van der Waals surface area (Å²) in [7, 11) is 0. The molecule has 1 heterocycles. The molecule has 0 bridgehead atoms. The van der Waals surface area contributed by atoms with E-state index in [0.717, 1.165) is 34.1 Å². The van der Waals surface area contributed by atoms with Crippen LogP contribution in [0.1, 0.15) is 38.9 Å². The van der Waals surface area contributed by atoms with Crippen molar-refractivity contribution in [1.82, 2.24) is 14.8 Å². The Morgan fingerprint density at radius 2 is 2.00 bits per heavy atom. The van der Waals surface area contributed by atoms with Crippen molar-refractivity contribution < 1.29 is 4.79 Å². The van der Waals surface area contributed by atoms with E-state index in [1.54, 1.807) is 0 Å². The predicted molar refractivity (Wildman–Crippen MR) is 97.9 cm³/mol. The second-order valence-electron chi connectivity index (χ2n) is 5.49. The standard InChI is InChI=1S/C16H21BrN4OS/c1-4-9-21-15(11(2)3)19-20-16(21)23-10-14(22)18-13-7-5-12(17)6-8-13/h5-8,11H,4,9-10H2,1-3H3,(H,18,22). The van der Waals surface area contributed by atoms with E-state index in [4.69, 9.17) is 0 Å². The molecule has 0 aliphatic rings. The first-order valence-electron chi connectivity index (χ1n) is 7.62. The van der Waals surface area contributed by atoms with E-state index in [9.17, 15) is 4.79 Å². The Morgan fingerprint density at radius 1 is 1.30 bits per heavy atom. The molecular weight excluding hydrogens is 376 g/mol. The number of benzene rings is 1. The van der Waals surface area contributed by atoms with Crippen molar-refractivity contribution in [3.8, 4) is 0 Å². The van der Waals surface area contributed by atoms with Crippen molar-refractivity contribution in [2.45, 2.75) is 44.8 Å². The van der Waals surface area contributed by atoms with Gasteiger partial charge in [0.05, 0.1) is 5.75 Å². The largest absolute Gasteiger partial charge is 0.325 e. The Labute approximate surface area is 149 Å². The fourth-order valence-corrected chi connectivity index (χ4v) is 3.16. The van der Waals surface area contributed by atoms with E-state index < -0.39 is 0 Å². The van der Waals surface area contributed by atoms with Crippen molar-refractivity contribution in [3.05, 3.63) is 34.6 Å². The summed E-state index contributed by atoms with van der Waals surface area (Å²) in [5, 5.41) is 12.2. The van der Waals surface area contributed by atoms with E-state index >= 15 is 0 Å². The number of hydrogen-bond donors (Lipinski definition) is 1. The summed E-state index contributed by atoms with van der Waals surface area (Å²) in [6, 6.07) is 7.53. The summed E-state index contributed by atoms with van der Waals surface area (Å²) in [6.07, 6.45) is 1.01. The van der Waals surface area contributed by atoms with Crippen LogP contribution in [0.25, 0.3) is 0 Å². The van der Waals surface area contributed by atoms with Crippen LogP contribution in [0.4, 0.5) is 5.69 Å². The first kappa shape index (κ1) is 18.0. The van der Waals surface area contributed by atoms with Gasteiger partial charge < -0.3 is 9.88 Å². The molecule has 7 heteroatoms. The summed E-state index contributed by atoms with van der Waals surface area (Å²) >= 11 is 4.80. The molecule has 1 N–H and O–H groups in total. The fraction of sp³-hybridized carbons (Fsp3) is 0.438. The van der Waals surface area contributed by atoms with Crippen molar-refractivity contribution in [1.29, 1.82) is 0 Å². The Morgan fingerprint density at radius 3 is 2.61 bits per heavy atom. The molecule has 2 aromatic rings. The summed E-state index contributed by atoms with van der Waals surface area (Å²) in [5.74, 6) is 1.56. The first-order chi connectivity index (χ1) is 11.0. The summed E-state index contributed by atoms with van der Waals surface area (Å²) < 4.78 is 3.10. The van der Waals surface area contributed by atoms with Gasteiger partial charge in [-0.05, 0) is 30.7 Å². The number of halogens is 1. The molecule has 1 aromatic carbocycles. The first-order valence-corrected chi connectivity index (χ1v) is 9.40. The number of anilines is 1. The minimum absolute atomic E-state index is 0.0468. The number of hydrogen-bond acceptors (Lipinski definition) is 4. The van der Waals surface area contributed by atoms with Gasteiger partial charge in [0.2, 0.25) is 5.91 Å². The molecule has 0 aliphatic carbocycles. The van der Waals surface area contributed by atoms with Gasteiger partial charge in [0.1, 0.15) is 5.82 Å².